The highest BCUT2D eigenvalue weighted by Gasteiger charge is 2.24. The van der Waals surface area contributed by atoms with Crippen molar-refractivity contribution < 1.29 is 8.78 Å². The molecule has 0 aliphatic rings. The lowest BCUT2D eigenvalue weighted by atomic mass is 10.2. The van der Waals surface area contributed by atoms with E-state index in [9.17, 15) is 8.78 Å². The lowest BCUT2D eigenvalue weighted by Gasteiger charge is -2.18. The molecule has 0 bridgehead atoms. The number of aromatic nitrogens is 2. The zero-order valence-corrected chi connectivity index (χ0v) is 9.08. The van der Waals surface area contributed by atoms with Gasteiger partial charge in [0.15, 0.2) is 0 Å². The van der Waals surface area contributed by atoms with Gasteiger partial charge in [-0.2, -0.15) is 0 Å². The number of hydrogen-bond donors (Lipinski definition) is 1. The molecule has 1 atom stereocenters. The Hall–Kier alpha value is -0.970. The van der Waals surface area contributed by atoms with Gasteiger partial charge in [0.1, 0.15) is 6.04 Å². The van der Waals surface area contributed by atoms with E-state index in [-0.39, 0.29) is 0 Å². The summed E-state index contributed by atoms with van der Waals surface area (Å²) in [6.07, 6.45) is 1.52. The third-order valence-corrected chi connectivity index (χ3v) is 2.27. The Morgan fingerprint density at radius 2 is 2.20 bits per heavy atom. The van der Waals surface area contributed by atoms with Crippen LogP contribution in [0.15, 0.2) is 12.5 Å². The molecule has 0 spiro atoms. The van der Waals surface area contributed by atoms with Crippen LogP contribution in [0.3, 0.4) is 0 Å². The molecule has 86 valence electrons. The molecule has 0 fully saturated rings. The van der Waals surface area contributed by atoms with Crippen LogP contribution in [0.4, 0.5) is 8.78 Å². The summed E-state index contributed by atoms with van der Waals surface area (Å²) in [5, 5.41) is 2.84. The minimum absolute atomic E-state index is 0.556. The third-order valence-electron chi connectivity index (χ3n) is 2.27. The van der Waals surface area contributed by atoms with E-state index < -0.39 is 12.5 Å². The summed E-state index contributed by atoms with van der Waals surface area (Å²) < 4.78 is 27.3. The first kappa shape index (κ1) is 12.1. The highest BCUT2D eigenvalue weighted by atomic mass is 19.3. The minimum atomic E-state index is -2.40. The third kappa shape index (κ3) is 2.99. The molecular formula is C10H17F2N3. The maximum atomic E-state index is 12.8. The Bertz CT molecular complexity index is 286. The van der Waals surface area contributed by atoms with Crippen molar-refractivity contribution >= 4 is 0 Å². The van der Waals surface area contributed by atoms with Gasteiger partial charge in [-0.25, -0.2) is 13.8 Å². The molecule has 1 unspecified atom stereocenters. The van der Waals surface area contributed by atoms with Crippen molar-refractivity contribution in [2.75, 3.05) is 6.54 Å². The zero-order chi connectivity index (χ0) is 11.3. The van der Waals surface area contributed by atoms with Crippen LogP contribution in [0.1, 0.15) is 32.0 Å². The first-order chi connectivity index (χ1) is 7.20. The van der Waals surface area contributed by atoms with Crippen molar-refractivity contribution in [3.8, 4) is 0 Å². The van der Waals surface area contributed by atoms with Gasteiger partial charge >= 0.3 is 0 Å². The van der Waals surface area contributed by atoms with E-state index in [1.54, 1.807) is 10.9 Å². The average Bonchev–Trinajstić information content (AvgIpc) is 2.66. The summed E-state index contributed by atoms with van der Waals surface area (Å²) in [5.41, 5.74) is 0.556. The second-order valence-electron chi connectivity index (χ2n) is 3.37. The highest BCUT2D eigenvalue weighted by Crippen LogP contribution is 2.20. The largest absolute Gasteiger partial charge is 0.333 e. The lowest BCUT2D eigenvalue weighted by molar-refractivity contribution is 0.0949. The maximum absolute atomic E-state index is 12.8. The van der Waals surface area contributed by atoms with Crippen LogP contribution in [0.5, 0.6) is 0 Å². The molecule has 1 aromatic heterocycles. The Morgan fingerprint density at radius 3 is 2.73 bits per heavy atom. The van der Waals surface area contributed by atoms with Gasteiger partial charge in [0, 0.05) is 12.7 Å². The number of nitrogens with one attached hydrogen (secondary N) is 1. The molecule has 0 aromatic carbocycles. The topological polar surface area (TPSA) is 29.9 Å². The molecule has 15 heavy (non-hydrogen) atoms. The van der Waals surface area contributed by atoms with E-state index in [1.165, 1.54) is 6.20 Å². The first-order valence-electron chi connectivity index (χ1n) is 5.22. The van der Waals surface area contributed by atoms with Crippen LogP contribution in [0.2, 0.25) is 0 Å². The minimum Gasteiger partial charge on any atom is -0.333 e. The summed E-state index contributed by atoms with van der Waals surface area (Å²) in [6, 6.07) is -0.910. The van der Waals surface area contributed by atoms with E-state index in [2.05, 4.69) is 10.3 Å². The summed E-state index contributed by atoms with van der Waals surface area (Å²) in [6.45, 7) is 5.11. The fourth-order valence-corrected chi connectivity index (χ4v) is 1.48. The van der Waals surface area contributed by atoms with Crippen molar-refractivity contribution in [2.45, 2.75) is 39.3 Å². The van der Waals surface area contributed by atoms with Gasteiger partial charge < -0.3 is 9.88 Å². The molecular weight excluding hydrogens is 200 g/mol. The Kier molecular flexibility index (Phi) is 4.68. The van der Waals surface area contributed by atoms with Crippen LogP contribution in [0, 0.1) is 0 Å². The number of rotatable bonds is 6. The molecule has 0 saturated heterocycles. The number of hydrogen-bond acceptors (Lipinski definition) is 2. The smallest absolute Gasteiger partial charge is 0.259 e. The van der Waals surface area contributed by atoms with Gasteiger partial charge in [-0.15, -0.1) is 0 Å². The second-order valence-corrected chi connectivity index (χ2v) is 3.37. The van der Waals surface area contributed by atoms with Gasteiger partial charge in [0.2, 0.25) is 0 Å². The first-order valence-corrected chi connectivity index (χ1v) is 5.22. The predicted octanol–water partition coefficient (Wildman–Crippen LogP) is 2.21. The number of imidazole rings is 1. The van der Waals surface area contributed by atoms with Crippen molar-refractivity contribution in [1.82, 2.24) is 14.9 Å². The van der Waals surface area contributed by atoms with Gasteiger partial charge in [-0.3, -0.25) is 0 Å². The van der Waals surface area contributed by atoms with Crippen LogP contribution in [-0.2, 0) is 6.54 Å². The average molecular weight is 217 g/mol. The molecule has 0 aliphatic heterocycles. The monoisotopic (exact) mass is 217 g/mol. The van der Waals surface area contributed by atoms with Crippen LogP contribution in [-0.4, -0.2) is 22.5 Å². The van der Waals surface area contributed by atoms with Gasteiger partial charge in [-0.05, 0) is 19.9 Å². The number of aryl methyl sites for hydroxylation is 1. The van der Waals surface area contributed by atoms with Crippen molar-refractivity contribution in [2.24, 2.45) is 0 Å². The van der Waals surface area contributed by atoms with Gasteiger partial charge in [0.05, 0.1) is 12.0 Å². The van der Waals surface area contributed by atoms with E-state index in [4.69, 9.17) is 0 Å². The summed E-state index contributed by atoms with van der Waals surface area (Å²) in [5.74, 6) is 0. The van der Waals surface area contributed by atoms with E-state index in [0.29, 0.717) is 18.8 Å². The summed E-state index contributed by atoms with van der Waals surface area (Å²) in [4.78, 5) is 3.89. The Labute approximate surface area is 88.5 Å². The molecule has 3 nitrogen and oxygen atoms in total. The SMILES string of the molecule is CCCNC(c1cncn1CC)C(F)F. The van der Waals surface area contributed by atoms with Crippen molar-refractivity contribution in [3.63, 3.8) is 0 Å². The quantitative estimate of drug-likeness (QED) is 0.791. The van der Waals surface area contributed by atoms with Crippen molar-refractivity contribution in [1.29, 1.82) is 0 Å². The van der Waals surface area contributed by atoms with Crippen LogP contribution in [0.25, 0.3) is 0 Å². The molecule has 1 aromatic rings. The highest BCUT2D eigenvalue weighted by molar-refractivity contribution is 5.06. The van der Waals surface area contributed by atoms with Gasteiger partial charge in [0.25, 0.3) is 6.43 Å². The Morgan fingerprint density at radius 1 is 1.47 bits per heavy atom. The summed E-state index contributed by atoms with van der Waals surface area (Å²) >= 11 is 0. The summed E-state index contributed by atoms with van der Waals surface area (Å²) in [7, 11) is 0. The lowest BCUT2D eigenvalue weighted by Crippen LogP contribution is -2.29. The van der Waals surface area contributed by atoms with E-state index >= 15 is 0 Å². The van der Waals surface area contributed by atoms with E-state index in [1.807, 2.05) is 13.8 Å². The molecule has 5 heteroatoms. The maximum Gasteiger partial charge on any atom is 0.259 e. The molecule has 1 N–H and O–H groups in total. The molecule has 0 aliphatic carbocycles. The molecule has 0 amide bonds. The standard InChI is InChI=1S/C10H17F2N3/c1-3-5-14-9(10(11)12)8-6-13-7-15(8)4-2/h6-7,9-10,14H,3-5H2,1-2H3. The number of halogens is 2. The molecule has 0 saturated carbocycles. The molecule has 1 heterocycles. The fraction of sp³-hybridized carbons (Fsp3) is 0.700. The second kappa shape index (κ2) is 5.80. The van der Waals surface area contributed by atoms with E-state index in [0.717, 1.165) is 6.42 Å². The molecule has 0 radical (unpaired) electrons. The molecule has 1 rings (SSSR count). The van der Waals surface area contributed by atoms with Gasteiger partial charge in [-0.1, -0.05) is 6.92 Å². The predicted molar refractivity (Wildman–Crippen MR) is 54.9 cm³/mol. The van der Waals surface area contributed by atoms with Crippen LogP contribution < -0.4 is 5.32 Å². The number of alkyl halides is 2. The normalized spacial score (nSPS) is 13.4. The number of nitrogens with zero attached hydrogens (tertiary/aromatic N) is 2. The fourth-order valence-electron chi connectivity index (χ4n) is 1.48. The van der Waals surface area contributed by atoms with Crippen molar-refractivity contribution in [3.05, 3.63) is 18.2 Å². The Balaban J connectivity index is 2.78. The zero-order valence-electron chi connectivity index (χ0n) is 9.08. The van der Waals surface area contributed by atoms with Crippen LogP contribution >= 0.6 is 0 Å².